The molecule has 2 atom stereocenters. The molecule has 1 amide bonds. The fraction of sp³-hybridized carbons (Fsp3) is 0.333. The molecule has 7 nitrogen and oxygen atoms in total. The minimum Gasteiger partial charge on any atom is -0.480 e. The highest BCUT2D eigenvalue weighted by molar-refractivity contribution is 6.40. The molecule has 0 spiro atoms. The van der Waals surface area contributed by atoms with Gasteiger partial charge >= 0.3 is 5.97 Å². The zero-order chi connectivity index (χ0) is 24.5. The molecule has 1 unspecified atom stereocenters. The van der Waals surface area contributed by atoms with Crippen LogP contribution < -0.4 is 10.6 Å². The molecular formula is C24H25Cl2N3O4. The first-order valence-electron chi connectivity index (χ1n) is 10.4. The molecule has 1 heterocycles. The Balaban J connectivity index is 1.81. The largest absolute Gasteiger partial charge is 0.480 e. The Kier molecular flexibility index (Phi) is 7.14. The van der Waals surface area contributed by atoms with E-state index < -0.39 is 23.3 Å². The van der Waals surface area contributed by atoms with Gasteiger partial charge in [0.2, 0.25) is 0 Å². The summed E-state index contributed by atoms with van der Waals surface area (Å²) in [5.41, 5.74) is 1.92. The molecular weight excluding hydrogens is 465 g/mol. The van der Waals surface area contributed by atoms with E-state index in [-0.39, 0.29) is 27.3 Å². The molecule has 0 bridgehead atoms. The first-order chi connectivity index (χ1) is 15.5. The summed E-state index contributed by atoms with van der Waals surface area (Å²) in [6.45, 7) is 7.17. The number of carboxylic acids is 1. The number of carbonyl (C=O) groups is 3. The van der Waals surface area contributed by atoms with E-state index in [0.717, 1.165) is 5.56 Å². The number of carboxylic acid groups (broad SMARTS) is 1. The number of aliphatic carboxylic acids is 1. The molecule has 3 N–H and O–H groups in total. The lowest BCUT2D eigenvalue weighted by Crippen LogP contribution is -2.51. The fourth-order valence-corrected chi connectivity index (χ4v) is 4.72. The van der Waals surface area contributed by atoms with Crippen LogP contribution in [0.5, 0.6) is 0 Å². The van der Waals surface area contributed by atoms with Crippen molar-refractivity contribution in [1.29, 1.82) is 0 Å². The number of carbonyl (C=O) groups excluding carboxylic acids is 2. The standard InChI is InChI=1S/C24H25Cl2N3O4/c1-5-15(19(23(32)33)29-20-12(2)21(30)24(20,3)4)13-6-8-14(9-7-13)28-22(31)18-16(25)10-27-11-17(18)26/h6-11,15,19,29H,5H2,1-4H3,(H,28,31)(H,32,33)/t15?,19-/m0/s1. The summed E-state index contributed by atoms with van der Waals surface area (Å²) in [7, 11) is 0. The average Bonchev–Trinajstić information content (AvgIpc) is 2.76. The van der Waals surface area contributed by atoms with Gasteiger partial charge in [0.05, 0.1) is 21.0 Å². The summed E-state index contributed by atoms with van der Waals surface area (Å²) in [5, 5.41) is 16.0. The number of allylic oxidation sites excluding steroid dienone is 2. The second-order valence-electron chi connectivity index (χ2n) is 8.48. The van der Waals surface area contributed by atoms with Gasteiger partial charge < -0.3 is 15.7 Å². The van der Waals surface area contributed by atoms with E-state index in [1.165, 1.54) is 12.4 Å². The Bertz CT molecular complexity index is 1120. The van der Waals surface area contributed by atoms with Gasteiger partial charge in [-0.15, -0.1) is 0 Å². The van der Waals surface area contributed by atoms with E-state index in [2.05, 4.69) is 15.6 Å². The number of Topliss-reactive ketones (excluding diaryl/α,β-unsaturated/α-hetero) is 1. The van der Waals surface area contributed by atoms with Crippen molar-refractivity contribution in [2.75, 3.05) is 5.32 Å². The lowest BCUT2D eigenvalue weighted by molar-refractivity contribution is -0.140. The molecule has 0 radical (unpaired) electrons. The van der Waals surface area contributed by atoms with Crippen LogP contribution in [0.2, 0.25) is 10.0 Å². The van der Waals surface area contributed by atoms with Crippen LogP contribution in [0.25, 0.3) is 0 Å². The SMILES string of the molecule is CCC(c1ccc(NC(=O)c2c(Cl)cncc2Cl)cc1)[C@H](NC1=C(C)C(=O)C1(C)C)C(=O)O. The van der Waals surface area contributed by atoms with E-state index in [1.54, 1.807) is 45.0 Å². The minimum atomic E-state index is -1.00. The van der Waals surface area contributed by atoms with Gasteiger partial charge in [0, 0.05) is 35.3 Å². The normalized spacial score (nSPS) is 16.6. The number of halogens is 2. The molecule has 174 valence electrons. The van der Waals surface area contributed by atoms with Crippen molar-refractivity contribution >= 4 is 46.5 Å². The number of aromatic nitrogens is 1. The monoisotopic (exact) mass is 489 g/mol. The number of nitrogens with one attached hydrogen (secondary N) is 2. The van der Waals surface area contributed by atoms with Crippen LogP contribution in [0.3, 0.4) is 0 Å². The average molecular weight is 490 g/mol. The van der Waals surface area contributed by atoms with Gasteiger partial charge in [-0.05, 0) is 44.9 Å². The number of anilines is 1. The summed E-state index contributed by atoms with van der Waals surface area (Å²) >= 11 is 12.1. The van der Waals surface area contributed by atoms with Gasteiger partial charge in [-0.25, -0.2) is 4.79 Å². The molecule has 1 aromatic carbocycles. The number of amides is 1. The van der Waals surface area contributed by atoms with Crippen molar-refractivity contribution in [3.8, 4) is 0 Å². The third-order valence-electron chi connectivity index (χ3n) is 5.99. The highest BCUT2D eigenvalue weighted by Gasteiger charge is 2.46. The topological polar surface area (TPSA) is 108 Å². The Morgan fingerprint density at radius 2 is 1.70 bits per heavy atom. The summed E-state index contributed by atoms with van der Waals surface area (Å²) < 4.78 is 0. The predicted octanol–water partition coefficient (Wildman–Crippen LogP) is 5.06. The molecule has 3 rings (SSSR count). The summed E-state index contributed by atoms with van der Waals surface area (Å²) in [5.74, 6) is -1.83. The summed E-state index contributed by atoms with van der Waals surface area (Å²) in [4.78, 5) is 40.7. The Morgan fingerprint density at radius 1 is 1.12 bits per heavy atom. The molecule has 1 aliphatic rings. The Labute approximate surface area is 202 Å². The maximum Gasteiger partial charge on any atom is 0.326 e. The molecule has 33 heavy (non-hydrogen) atoms. The van der Waals surface area contributed by atoms with Crippen molar-refractivity contribution in [3.63, 3.8) is 0 Å². The second-order valence-corrected chi connectivity index (χ2v) is 9.30. The number of nitrogens with zero attached hydrogens (tertiary/aromatic N) is 1. The summed E-state index contributed by atoms with van der Waals surface area (Å²) in [6.07, 6.45) is 3.23. The van der Waals surface area contributed by atoms with Crippen LogP contribution in [-0.2, 0) is 9.59 Å². The van der Waals surface area contributed by atoms with Crippen LogP contribution >= 0.6 is 23.2 Å². The zero-order valence-electron chi connectivity index (χ0n) is 18.7. The maximum atomic E-state index is 12.6. The molecule has 0 saturated carbocycles. The predicted molar refractivity (Wildman–Crippen MR) is 128 cm³/mol. The third-order valence-corrected chi connectivity index (χ3v) is 6.57. The fourth-order valence-electron chi connectivity index (χ4n) is 4.18. The maximum absolute atomic E-state index is 12.6. The molecule has 0 fully saturated rings. The number of ketones is 1. The van der Waals surface area contributed by atoms with E-state index >= 15 is 0 Å². The number of hydrogen-bond acceptors (Lipinski definition) is 5. The minimum absolute atomic E-state index is 0.0108. The molecule has 9 heteroatoms. The van der Waals surface area contributed by atoms with E-state index in [1.807, 2.05) is 6.92 Å². The molecule has 1 aromatic heterocycles. The second kappa shape index (κ2) is 9.53. The molecule has 2 aromatic rings. The molecule has 0 saturated heterocycles. The van der Waals surface area contributed by atoms with Gasteiger partial charge in [-0.2, -0.15) is 0 Å². The van der Waals surface area contributed by atoms with Crippen molar-refractivity contribution in [2.24, 2.45) is 5.41 Å². The zero-order valence-corrected chi connectivity index (χ0v) is 20.2. The van der Waals surface area contributed by atoms with Crippen LogP contribution in [-0.4, -0.2) is 33.8 Å². The van der Waals surface area contributed by atoms with E-state index in [4.69, 9.17) is 23.2 Å². The number of rotatable bonds is 8. The van der Waals surface area contributed by atoms with Crippen molar-refractivity contribution in [2.45, 2.75) is 46.1 Å². The van der Waals surface area contributed by atoms with Gasteiger partial charge in [-0.1, -0.05) is 42.3 Å². The van der Waals surface area contributed by atoms with Crippen molar-refractivity contribution < 1.29 is 19.5 Å². The Morgan fingerprint density at radius 3 is 2.18 bits per heavy atom. The van der Waals surface area contributed by atoms with Crippen molar-refractivity contribution in [3.05, 3.63) is 69.1 Å². The van der Waals surface area contributed by atoms with Gasteiger partial charge in [-0.3, -0.25) is 14.6 Å². The van der Waals surface area contributed by atoms with Crippen molar-refractivity contribution in [1.82, 2.24) is 10.3 Å². The first-order valence-corrected chi connectivity index (χ1v) is 11.2. The number of hydrogen-bond donors (Lipinski definition) is 3. The van der Waals surface area contributed by atoms with Gasteiger partial charge in [0.1, 0.15) is 6.04 Å². The van der Waals surface area contributed by atoms with E-state index in [0.29, 0.717) is 23.4 Å². The number of benzene rings is 1. The van der Waals surface area contributed by atoms with Crippen LogP contribution in [0.15, 0.2) is 47.9 Å². The first kappa shape index (κ1) is 24.7. The quantitative estimate of drug-likeness (QED) is 0.478. The van der Waals surface area contributed by atoms with Crippen LogP contribution in [0.1, 0.15) is 56.0 Å². The third kappa shape index (κ3) is 4.75. The van der Waals surface area contributed by atoms with Gasteiger partial charge in [0.15, 0.2) is 5.78 Å². The summed E-state index contributed by atoms with van der Waals surface area (Å²) in [6, 6.07) is 6.02. The van der Waals surface area contributed by atoms with E-state index in [9.17, 15) is 19.5 Å². The molecule has 1 aliphatic carbocycles. The smallest absolute Gasteiger partial charge is 0.326 e. The van der Waals surface area contributed by atoms with Crippen LogP contribution in [0.4, 0.5) is 5.69 Å². The highest BCUT2D eigenvalue weighted by atomic mass is 35.5. The highest BCUT2D eigenvalue weighted by Crippen LogP contribution is 2.41. The lowest BCUT2D eigenvalue weighted by Gasteiger charge is -2.40. The number of pyridine rings is 1. The Hall–Kier alpha value is -2.90. The van der Waals surface area contributed by atoms with Gasteiger partial charge in [0.25, 0.3) is 5.91 Å². The lowest BCUT2D eigenvalue weighted by atomic mass is 9.69. The molecule has 0 aliphatic heterocycles. The van der Waals surface area contributed by atoms with Crippen LogP contribution in [0, 0.1) is 5.41 Å².